The van der Waals surface area contributed by atoms with Gasteiger partial charge in [0, 0.05) is 11.1 Å². The minimum Gasteiger partial charge on any atom is -0.480 e. The van der Waals surface area contributed by atoms with E-state index >= 15 is 0 Å². The molecule has 1 aromatic heterocycles. The lowest BCUT2D eigenvalue weighted by atomic mass is 10.0. The Labute approximate surface area is 192 Å². The van der Waals surface area contributed by atoms with Gasteiger partial charge in [-0.25, -0.2) is 14.5 Å². The van der Waals surface area contributed by atoms with E-state index in [4.69, 9.17) is 0 Å². The van der Waals surface area contributed by atoms with Gasteiger partial charge in [-0.05, 0) is 30.5 Å². The van der Waals surface area contributed by atoms with E-state index in [2.05, 4.69) is 15.4 Å². The molecular weight excluding hydrogens is 420 g/mol. The van der Waals surface area contributed by atoms with Crippen molar-refractivity contribution in [2.75, 3.05) is 0 Å². The number of carbonyl (C=O) groups excluding carboxylic acids is 2. The molecule has 0 saturated carbocycles. The number of aromatic nitrogens is 3. The van der Waals surface area contributed by atoms with Crippen LogP contribution < -0.4 is 5.32 Å². The van der Waals surface area contributed by atoms with E-state index in [1.807, 2.05) is 31.2 Å². The van der Waals surface area contributed by atoms with E-state index in [9.17, 15) is 19.5 Å². The number of ketones is 1. The van der Waals surface area contributed by atoms with Gasteiger partial charge >= 0.3 is 5.97 Å². The molecule has 1 heterocycles. The van der Waals surface area contributed by atoms with Crippen molar-refractivity contribution in [3.8, 4) is 0 Å². The molecule has 0 spiro atoms. The van der Waals surface area contributed by atoms with Gasteiger partial charge in [0.1, 0.15) is 12.4 Å². The van der Waals surface area contributed by atoms with Gasteiger partial charge < -0.3 is 10.4 Å². The lowest BCUT2D eigenvalue weighted by molar-refractivity contribution is -0.140. The maximum atomic E-state index is 12.7. The van der Waals surface area contributed by atoms with Gasteiger partial charge in [-0.3, -0.25) is 9.59 Å². The number of amides is 1. The van der Waals surface area contributed by atoms with E-state index in [-0.39, 0.29) is 17.5 Å². The first-order valence-electron chi connectivity index (χ1n) is 10.6. The summed E-state index contributed by atoms with van der Waals surface area (Å²) in [6.45, 7) is 5.74. The lowest BCUT2D eigenvalue weighted by Crippen LogP contribution is -2.44. The van der Waals surface area contributed by atoms with Crippen molar-refractivity contribution in [3.05, 3.63) is 89.0 Å². The van der Waals surface area contributed by atoms with Crippen LogP contribution in [0.3, 0.4) is 0 Å². The van der Waals surface area contributed by atoms with E-state index in [0.29, 0.717) is 17.7 Å². The Morgan fingerprint density at radius 2 is 1.82 bits per heavy atom. The summed E-state index contributed by atoms with van der Waals surface area (Å²) >= 11 is 0. The lowest BCUT2D eigenvalue weighted by Gasteiger charge is -2.18. The molecule has 170 valence electrons. The molecule has 3 aromatic rings. The van der Waals surface area contributed by atoms with Crippen molar-refractivity contribution in [1.29, 1.82) is 0 Å². The molecule has 2 aromatic carbocycles. The average Bonchev–Trinajstić information content (AvgIpc) is 3.25. The zero-order chi connectivity index (χ0) is 24.0. The minimum absolute atomic E-state index is 0.210. The molecule has 8 heteroatoms. The van der Waals surface area contributed by atoms with Crippen molar-refractivity contribution in [2.24, 2.45) is 5.92 Å². The number of aliphatic carboxylic acids is 1. The molecule has 2 N–H and O–H groups in total. The van der Waals surface area contributed by atoms with Crippen LogP contribution in [0.4, 0.5) is 0 Å². The van der Waals surface area contributed by atoms with Crippen molar-refractivity contribution in [1.82, 2.24) is 20.1 Å². The molecule has 0 unspecified atom stereocenters. The smallest absolute Gasteiger partial charge is 0.326 e. The fourth-order valence-electron chi connectivity index (χ4n) is 3.22. The van der Waals surface area contributed by atoms with Crippen LogP contribution in [0.2, 0.25) is 0 Å². The summed E-state index contributed by atoms with van der Waals surface area (Å²) in [6, 6.07) is 13.1. The van der Waals surface area contributed by atoms with Gasteiger partial charge in [-0.2, -0.15) is 5.10 Å². The molecule has 0 radical (unpaired) electrons. The third-order valence-electron chi connectivity index (χ3n) is 5.09. The third kappa shape index (κ3) is 6.00. The van der Waals surface area contributed by atoms with E-state index in [1.54, 1.807) is 50.3 Å². The van der Waals surface area contributed by atoms with Gasteiger partial charge in [0.25, 0.3) is 5.91 Å². The number of carboxylic acids is 1. The Bertz CT molecular complexity index is 1180. The number of carbonyl (C=O) groups is 3. The van der Waals surface area contributed by atoms with Crippen LogP contribution >= 0.6 is 0 Å². The summed E-state index contributed by atoms with van der Waals surface area (Å²) in [4.78, 5) is 40.7. The summed E-state index contributed by atoms with van der Waals surface area (Å²) in [5, 5.41) is 16.0. The van der Waals surface area contributed by atoms with Crippen LogP contribution in [-0.2, 0) is 11.3 Å². The summed E-state index contributed by atoms with van der Waals surface area (Å²) in [6.07, 6.45) is 4.95. The zero-order valence-corrected chi connectivity index (χ0v) is 18.7. The maximum Gasteiger partial charge on any atom is 0.326 e. The molecular formula is C25H26N4O4. The molecule has 0 aliphatic rings. The van der Waals surface area contributed by atoms with Crippen molar-refractivity contribution in [3.63, 3.8) is 0 Å². The number of aryl methyl sites for hydroxylation is 1. The highest BCUT2D eigenvalue weighted by atomic mass is 16.4. The first-order valence-corrected chi connectivity index (χ1v) is 10.6. The fraction of sp³-hybridized carbons (Fsp3) is 0.240. The molecule has 0 fully saturated rings. The van der Waals surface area contributed by atoms with Gasteiger partial charge in [0.05, 0.1) is 6.54 Å². The Balaban J connectivity index is 1.69. The SMILES string of the molecule is Cc1ccc(C(=O)c2ncnn2C/C=C/c2cccc(C(=O)N[C@H](C(=O)O)C(C)C)c2)cc1. The molecule has 0 aliphatic carbocycles. The monoisotopic (exact) mass is 446 g/mol. The quantitative estimate of drug-likeness (QED) is 0.487. The largest absolute Gasteiger partial charge is 0.480 e. The molecule has 8 nitrogen and oxygen atoms in total. The number of hydrogen-bond donors (Lipinski definition) is 2. The number of nitrogens with one attached hydrogen (secondary N) is 1. The van der Waals surface area contributed by atoms with Crippen LogP contribution in [0.15, 0.2) is 60.9 Å². The Morgan fingerprint density at radius 3 is 2.48 bits per heavy atom. The number of hydrogen-bond acceptors (Lipinski definition) is 5. The Morgan fingerprint density at radius 1 is 1.09 bits per heavy atom. The summed E-state index contributed by atoms with van der Waals surface area (Å²) in [5.74, 6) is -1.73. The van der Waals surface area contributed by atoms with Gasteiger partial charge in [-0.15, -0.1) is 0 Å². The fourth-order valence-corrected chi connectivity index (χ4v) is 3.22. The first kappa shape index (κ1) is 23.6. The summed E-state index contributed by atoms with van der Waals surface area (Å²) in [7, 11) is 0. The number of nitrogens with zero attached hydrogens (tertiary/aromatic N) is 3. The van der Waals surface area contributed by atoms with Crippen molar-refractivity contribution in [2.45, 2.75) is 33.4 Å². The highest BCUT2D eigenvalue weighted by molar-refractivity contribution is 6.06. The van der Waals surface area contributed by atoms with Crippen LogP contribution in [0.5, 0.6) is 0 Å². The second-order valence-electron chi connectivity index (χ2n) is 8.02. The van der Waals surface area contributed by atoms with Gasteiger partial charge in [-0.1, -0.05) is 68.0 Å². The molecule has 1 amide bonds. The van der Waals surface area contributed by atoms with Crippen molar-refractivity contribution >= 4 is 23.7 Å². The average molecular weight is 447 g/mol. The minimum atomic E-state index is -1.07. The van der Waals surface area contributed by atoms with Gasteiger partial charge in [0.15, 0.2) is 5.82 Å². The first-order chi connectivity index (χ1) is 15.8. The number of allylic oxidation sites excluding steroid dienone is 1. The standard InChI is InChI=1S/C25H26N4O4/c1-16(2)21(25(32)33)28-24(31)20-8-4-6-18(14-20)7-5-13-29-23(26-15-27-29)22(30)19-11-9-17(3)10-12-19/h4-12,14-16,21H,13H2,1-3H3,(H,28,31)(H,32,33)/b7-5+/t21-/m0/s1. The maximum absolute atomic E-state index is 12.7. The molecule has 0 bridgehead atoms. The predicted octanol–water partition coefficient (Wildman–Crippen LogP) is 3.37. The van der Waals surface area contributed by atoms with E-state index in [1.165, 1.54) is 11.0 Å². The topological polar surface area (TPSA) is 114 Å². The molecule has 3 rings (SSSR count). The normalized spacial score (nSPS) is 12.1. The van der Waals surface area contributed by atoms with E-state index in [0.717, 1.165) is 11.1 Å². The Hall–Kier alpha value is -4.07. The molecule has 1 atom stereocenters. The van der Waals surface area contributed by atoms with E-state index < -0.39 is 17.9 Å². The highest BCUT2D eigenvalue weighted by Crippen LogP contribution is 2.12. The number of benzene rings is 2. The summed E-state index contributed by atoms with van der Waals surface area (Å²) < 4.78 is 1.51. The number of rotatable bonds is 9. The van der Waals surface area contributed by atoms with Crippen LogP contribution in [0.25, 0.3) is 6.08 Å². The highest BCUT2D eigenvalue weighted by Gasteiger charge is 2.24. The number of carboxylic acid groups (broad SMARTS) is 1. The predicted molar refractivity (Wildman–Crippen MR) is 124 cm³/mol. The summed E-state index contributed by atoms with van der Waals surface area (Å²) in [5.41, 5.74) is 2.72. The van der Waals surface area contributed by atoms with Crippen LogP contribution in [-0.4, -0.2) is 43.6 Å². The third-order valence-corrected chi connectivity index (χ3v) is 5.09. The van der Waals surface area contributed by atoms with Crippen LogP contribution in [0, 0.1) is 12.8 Å². The molecule has 0 saturated heterocycles. The molecule has 33 heavy (non-hydrogen) atoms. The second-order valence-corrected chi connectivity index (χ2v) is 8.02. The van der Waals surface area contributed by atoms with Crippen molar-refractivity contribution < 1.29 is 19.5 Å². The van der Waals surface area contributed by atoms with Crippen LogP contribution in [0.1, 0.15) is 51.5 Å². The second kappa shape index (κ2) is 10.5. The zero-order valence-electron chi connectivity index (χ0n) is 18.7. The van der Waals surface area contributed by atoms with Gasteiger partial charge in [0.2, 0.25) is 5.78 Å². The Kier molecular flexibility index (Phi) is 7.50. The molecule has 0 aliphatic heterocycles.